The lowest BCUT2D eigenvalue weighted by molar-refractivity contribution is 0.415. The lowest BCUT2D eigenvalue weighted by Crippen LogP contribution is -1.89. The topological polar surface area (TPSA) is 74.2 Å². The summed E-state index contributed by atoms with van der Waals surface area (Å²) in [6.07, 6.45) is 1.77. The fourth-order valence-electron chi connectivity index (χ4n) is 1.97. The number of rotatable bonds is 3. The van der Waals surface area contributed by atoms with Gasteiger partial charge in [-0.05, 0) is 24.6 Å². The van der Waals surface area contributed by atoms with Crippen LogP contribution >= 0.6 is 11.3 Å². The lowest BCUT2D eigenvalue weighted by Gasteiger charge is -2.03. The number of thiazole rings is 1. The molecule has 5 nitrogen and oxygen atoms in total. The Bertz CT molecular complexity index is 731. The highest BCUT2D eigenvalue weighted by Gasteiger charge is 2.19. The van der Waals surface area contributed by atoms with Gasteiger partial charge in [0.2, 0.25) is 0 Å². The first-order valence-corrected chi connectivity index (χ1v) is 6.83. The molecule has 102 valence electrons. The first kappa shape index (κ1) is 12.7. The fourth-order valence-corrected chi connectivity index (χ4v) is 2.73. The van der Waals surface area contributed by atoms with E-state index < -0.39 is 0 Å². The maximum atomic E-state index is 5.94. The van der Waals surface area contributed by atoms with Crippen molar-refractivity contribution in [2.24, 2.45) is 0 Å². The smallest absolute Gasteiger partial charge is 0.188 e. The van der Waals surface area contributed by atoms with Crippen LogP contribution in [0.4, 0.5) is 5.82 Å². The normalized spacial score (nSPS) is 10.7. The molecule has 0 saturated heterocycles. The summed E-state index contributed by atoms with van der Waals surface area (Å²) in [5.74, 6) is 1.81. The highest BCUT2D eigenvalue weighted by Crippen LogP contribution is 2.39. The van der Waals surface area contributed by atoms with Crippen LogP contribution < -0.4 is 10.5 Å². The number of nitrogens with zero attached hydrogens (tertiary/aromatic N) is 2. The van der Waals surface area contributed by atoms with Gasteiger partial charge >= 0.3 is 0 Å². The van der Waals surface area contributed by atoms with Crippen LogP contribution in [0.25, 0.3) is 21.8 Å². The molecule has 2 N–H and O–H groups in total. The van der Waals surface area contributed by atoms with E-state index in [2.05, 4.69) is 10.1 Å². The number of hydrogen-bond acceptors (Lipinski definition) is 6. The first-order valence-electron chi connectivity index (χ1n) is 6.01. The molecule has 0 fully saturated rings. The maximum Gasteiger partial charge on any atom is 0.188 e. The second-order valence-electron chi connectivity index (χ2n) is 4.24. The van der Waals surface area contributed by atoms with Gasteiger partial charge in [-0.25, -0.2) is 4.98 Å². The predicted octanol–water partition coefficient (Wildman–Crippen LogP) is 3.36. The van der Waals surface area contributed by atoms with Crippen LogP contribution in [-0.4, -0.2) is 17.3 Å². The third-order valence-electron chi connectivity index (χ3n) is 2.94. The number of aryl methyl sites for hydroxylation is 1. The second-order valence-corrected chi connectivity index (χ2v) is 5.48. The van der Waals surface area contributed by atoms with Crippen molar-refractivity contribution in [2.75, 3.05) is 12.8 Å². The molecule has 1 aromatic carbocycles. The van der Waals surface area contributed by atoms with Crippen molar-refractivity contribution in [3.05, 3.63) is 35.5 Å². The average molecular weight is 287 g/mol. The molecular weight excluding hydrogens is 274 g/mol. The average Bonchev–Trinajstić information content (AvgIpc) is 3.05. The van der Waals surface area contributed by atoms with Gasteiger partial charge < -0.3 is 15.0 Å². The molecule has 0 aliphatic rings. The number of anilines is 1. The van der Waals surface area contributed by atoms with Gasteiger partial charge in [0.15, 0.2) is 11.6 Å². The molecule has 0 bridgehead atoms. The molecule has 0 amide bonds. The van der Waals surface area contributed by atoms with Gasteiger partial charge in [-0.15, -0.1) is 11.3 Å². The molecule has 0 unspecified atom stereocenters. The minimum Gasteiger partial charge on any atom is -0.497 e. The fraction of sp³-hybridized carbons (Fsp3) is 0.143. The zero-order valence-electron chi connectivity index (χ0n) is 11.1. The maximum absolute atomic E-state index is 5.94. The largest absolute Gasteiger partial charge is 0.497 e. The highest BCUT2D eigenvalue weighted by molar-refractivity contribution is 7.15. The quantitative estimate of drug-likeness (QED) is 0.799. The second kappa shape index (κ2) is 4.97. The standard InChI is InChI=1S/C14H13N3O2S/c1-8-16-7-11(20-8)13-12(14(15)17-19-13)9-3-5-10(18-2)6-4-9/h3-7H,1-2H3,(H2,15,17). The van der Waals surface area contributed by atoms with Gasteiger partial charge in [0, 0.05) is 6.20 Å². The number of nitrogens with two attached hydrogens (primary N) is 1. The summed E-state index contributed by atoms with van der Waals surface area (Å²) in [6.45, 7) is 1.95. The van der Waals surface area contributed by atoms with Crippen LogP contribution in [0.3, 0.4) is 0 Å². The molecular formula is C14H13N3O2S. The van der Waals surface area contributed by atoms with Gasteiger partial charge in [0.1, 0.15) is 5.75 Å². The van der Waals surface area contributed by atoms with Crippen LogP contribution in [0.2, 0.25) is 0 Å². The van der Waals surface area contributed by atoms with Crippen molar-refractivity contribution in [1.82, 2.24) is 10.1 Å². The predicted molar refractivity (Wildman–Crippen MR) is 78.7 cm³/mol. The van der Waals surface area contributed by atoms with Crippen LogP contribution in [0.5, 0.6) is 5.75 Å². The molecule has 3 rings (SSSR count). The van der Waals surface area contributed by atoms with E-state index in [9.17, 15) is 0 Å². The number of methoxy groups -OCH3 is 1. The van der Waals surface area contributed by atoms with Gasteiger partial charge in [-0.3, -0.25) is 0 Å². The monoisotopic (exact) mass is 287 g/mol. The van der Waals surface area contributed by atoms with Crippen molar-refractivity contribution in [1.29, 1.82) is 0 Å². The molecule has 0 saturated carbocycles. The Kier molecular flexibility index (Phi) is 3.15. The van der Waals surface area contributed by atoms with Crippen LogP contribution in [0, 0.1) is 6.92 Å². The number of nitrogen functional groups attached to an aromatic ring is 1. The molecule has 2 heterocycles. The van der Waals surface area contributed by atoms with E-state index in [0.717, 1.165) is 26.8 Å². The van der Waals surface area contributed by atoms with E-state index in [4.69, 9.17) is 15.0 Å². The Hall–Kier alpha value is -2.34. The Morgan fingerprint density at radius 3 is 2.60 bits per heavy atom. The number of hydrogen-bond donors (Lipinski definition) is 1. The van der Waals surface area contributed by atoms with Crippen molar-refractivity contribution in [2.45, 2.75) is 6.92 Å². The Morgan fingerprint density at radius 1 is 1.25 bits per heavy atom. The van der Waals surface area contributed by atoms with Gasteiger partial charge in [0.25, 0.3) is 0 Å². The summed E-state index contributed by atoms with van der Waals surface area (Å²) in [6, 6.07) is 7.62. The van der Waals surface area contributed by atoms with Crippen molar-refractivity contribution in [3.63, 3.8) is 0 Å². The molecule has 0 aliphatic heterocycles. The van der Waals surface area contributed by atoms with Crippen LogP contribution in [-0.2, 0) is 0 Å². The number of benzene rings is 1. The molecule has 6 heteroatoms. The third kappa shape index (κ3) is 2.14. The van der Waals surface area contributed by atoms with E-state index in [1.165, 1.54) is 0 Å². The summed E-state index contributed by atoms with van der Waals surface area (Å²) in [5.41, 5.74) is 7.66. The lowest BCUT2D eigenvalue weighted by atomic mass is 10.1. The molecule has 3 aromatic rings. The zero-order chi connectivity index (χ0) is 14.1. The summed E-state index contributed by atoms with van der Waals surface area (Å²) in [4.78, 5) is 5.15. The molecule has 0 radical (unpaired) electrons. The van der Waals surface area contributed by atoms with E-state index in [0.29, 0.717) is 11.6 Å². The van der Waals surface area contributed by atoms with E-state index in [-0.39, 0.29) is 0 Å². The molecule has 0 spiro atoms. The molecule has 0 atom stereocenters. The molecule has 20 heavy (non-hydrogen) atoms. The van der Waals surface area contributed by atoms with E-state index >= 15 is 0 Å². The van der Waals surface area contributed by atoms with Gasteiger partial charge in [0.05, 0.1) is 22.6 Å². The highest BCUT2D eigenvalue weighted by atomic mass is 32.1. The third-order valence-corrected chi connectivity index (χ3v) is 3.85. The molecule has 2 aromatic heterocycles. The Balaban J connectivity index is 2.10. The van der Waals surface area contributed by atoms with Crippen LogP contribution in [0.1, 0.15) is 5.01 Å². The van der Waals surface area contributed by atoms with Crippen molar-refractivity contribution in [3.8, 4) is 27.5 Å². The summed E-state index contributed by atoms with van der Waals surface area (Å²) in [7, 11) is 1.63. The number of aromatic nitrogens is 2. The minimum atomic E-state index is 0.371. The van der Waals surface area contributed by atoms with Crippen molar-refractivity contribution >= 4 is 17.2 Å². The Labute approximate surface area is 120 Å². The van der Waals surface area contributed by atoms with Crippen molar-refractivity contribution < 1.29 is 9.26 Å². The van der Waals surface area contributed by atoms with E-state index in [1.54, 1.807) is 24.6 Å². The van der Waals surface area contributed by atoms with Crippen LogP contribution in [0.15, 0.2) is 35.0 Å². The zero-order valence-corrected chi connectivity index (χ0v) is 11.9. The van der Waals surface area contributed by atoms with E-state index in [1.807, 2.05) is 31.2 Å². The minimum absolute atomic E-state index is 0.371. The number of ether oxygens (including phenoxy) is 1. The SMILES string of the molecule is COc1ccc(-c2c(N)noc2-c2cnc(C)s2)cc1. The Morgan fingerprint density at radius 2 is 2.00 bits per heavy atom. The first-order chi connectivity index (χ1) is 9.69. The molecule has 0 aliphatic carbocycles. The summed E-state index contributed by atoms with van der Waals surface area (Å²) >= 11 is 1.55. The van der Waals surface area contributed by atoms with Gasteiger partial charge in [-0.2, -0.15) is 0 Å². The summed E-state index contributed by atoms with van der Waals surface area (Å²) < 4.78 is 10.5. The van der Waals surface area contributed by atoms with Gasteiger partial charge in [-0.1, -0.05) is 17.3 Å². The summed E-state index contributed by atoms with van der Waals surface area (Å²) in [5, 5.41) is 4.84.